The largest absolute Gasteiger partial charge is 0.369 e. The lowest BCUT2D eigenvalue weighted by Gasteiger charge is -2.36. The van der Waals surface area contributed by atoms with Gasteiger partial charge in [0.05, 0.1) is 0 Å². The molecule has 0 spiro atoms. The number of benzene rings is 1. The van der Waals surface area contributed by atoms with Gasteiger partial charge in [0, 0.05) is 44.5 Å². The van der Waals surface area contributed by atoms with Crippen LogP contribution in [0.1, 0.15) is 20.3 Å². The van der Waals surface area contributed by atoms with Gasteiger partial charge in [0.1, 0.15) is 0 Å². The van der Waals surface area contributed by atoms with Crippen LogP contribution in [-0.2, 0) is 9.59 Å². The summed E-state index contributed by atoms with van der Waals surface area (Å²) in [6.07, 6.45) is 0.853. The highest BCUT2D eigenvalue weighted by molar-refractivity contribution is 6.35. The molecule has 1 aromatic rings. The molecular formula is C18H28N4O2. The van der Waals surface area contributed by atoms with E-state index in [1.807, 2.05) is 19.9 Å². The van der Waals surface area contributed by atoms with E-state index in [9.17, 15) is 9.59 Å². The number of hydrogen-bond donors (Lipinski definition) is 2. The summed E-state index contributed by atoms with van der Waals surface area (Å²) in [7, 11) is 0. The van der Waals surface area contributed by atoms with E-state index in [1.165, 1.54) is 5.69 Å². The smallest absolute Gasteiger partial charge is 0.309 e. The Bertz CT molecular complexity index is 525. The van der Waals surface area contributed by atoms with E-state index in [4.69, 9.17) is 0 Å². The minimum atomic E-state index is -0.554. The first-order valence-corrected chi connectivity index (χ1v) is 8.67. The summed E-state index contributed by atoms with van der Waals surface area (Å²) >= 11 is 0. The number of nitrogens with zero attached hydrogens (tertiary/aromatic N) is 2. The molecule has 24 heavy (non-hydrogen) atoms. The van der Waals surface area contributed by atoms with Gasteiger partial charge in [-0.25, -0.2) is 0 Å². The van der Waals surface area contributed by atoms with Crippen LogP contribution in [0.3, 0.4) is 0 Å². The van der Waals surface area contributed by atoms with Crippen molar-refractivity contribution in [3.05, 3.63) is 30.3 Å². The second kappa shape index (κ2) is 9.27. The van der Waals surface area contributed by atoms with Crippen LogP contribution >= 0.6 is 0 Å². The van der Waals surface area contributed by atoms with Crippen molar-refractivity contribution in [3.8, 4) is 0 Å². The molecule has 1 aliphatic rings. The van der Waals surface area contributed by atoms with Gasteiger partial charge in [-0.1, -0.05) is 18.2 Å². The zero-order valence-corrected chi connectivity index (χ0v) is 14.6. The van der Waals surface area contributed by atoms with Gasteiger partial charge >= 0.3 is 11.8 Å². The van der Waals surface area contributed by atoms with E-state index in [0.29, 0.717) is 6.54 Å². The summed E-state index contributed by atoms with van der Waals surface area (Å²) in [4.78, 5) is 27.9. The number of piperazine rings is 1. The van der Waals surface area contributed by atoms with E-state index < -0.39 is 11.8 Å². The van der Waals surface area contributed by atoms with Crippen LogP contribution in [0.25, 0.3) is 0 Å². The molecule has 0 aromatic heterocycles. The molecule has 1 aliphatic heterocycles. The fourth-order valence-electron chi connectivity index (χ4n) is 2.78. The number of para-hydroxylation sites is 1. The molecule has 1 fully saturated rings. The normalized spacial score (nSPS) is 15.4. The number of carbonyl (C=O) groups excluding carboxylic acids is 2. The molecule has 0 aliphatic carbocycles. The SMILES string of the molecule is CC(C)NC(=O)C(=O)NCCCN1CCN(c2ccccc2)CC1. The molecule has 0 atom stereocenters. The molecule has 2 N–H and O–H groups in total. The maximum atomic E-state index is 11.6. The van der Waals surface area contributed by atoms with E-state index >= 15 is 0 Å². The zero-order chi connectivity index (χ0) is 17.4. The van der Waals surface area contributed by atoms with Gasteiger partial charge in [0.15, 0.2) is 0 Å². The lowest BCUT2D eigenvalue weighted by Crippen LogP contribution is -2.47. The van der Waals surface area contributed by atoms with Crippen molar-refractivity contribution in [2.45, 2.75) is 26.3 Å². The Kier molecular flexibility index (Phi) is 7.06. The van der Waals surface area contributed by atoms with Crippen LogP contribution in [0, 0.1) is 0 Å². The molecule has 0 saturated carbocycles. The maximum Gasteiger partial charge on any atom is 0.309 e. The Morgan fingerprint density at radius 3 is 2.33 bits per heavy atom. The lowest BCUT2D eigenvalue weighted by atomic mass is 10.2. The topological polar surface area (TPSA) is 64.7 Å². The standard InChI is InChI=1S/C18H28N4O2/c1-15(2)20-18(24)17(23)19-9-6-10-21-11-13-22(14-12-21)16-7-4-3-5-8-16/h3-5,7-8,15H,6,9-14H2,1-2H3,(H,19,23)(H,20,24). The molecule has 1 heterocycles. The number of carbonyl (C=O) groups is 2. The molecule has 1 aromatic carbocycles. The molecule has 1 saturated heterocycles. The van der Waals surface area contributed by atoms with Crippen molar-refractivity contribution in [1.29, 1.82) is 0 Å². The third kappa shape index (κ3) is 5.85. The van der Waals surface area contributed by atoms with Gasteiger partial charge in [-0.2, -0.15) is 0 Å². The highest BCUT2D eigenvalue weighted by Gasteiger charge is 2.17. The molecule has 0 bridgehead atoms. The van der Waals surface area contributed by atoms with Crippen molar-refractivity contribution < 1.29 is 9.59 Å². The van der Waals surface area contributed by atoms with Gasteiger partial charge in [0.2, 0.25) is 0 Å². The van der Waals surface area contributed by atoms with Crippen molar-refractivity contribution in [3.63, 3.8) is 0 Å². The molecule has 2 amide bonds. The van der Waals surface area contributed by atoms with Crippen molar-refractivity contribution in [2.24, 2.45) is 0 Å². The molecular weight excluding hydrogens is 304 g/mol. The van der Waals surface area contributed by atoms with E-state index in [2.05, 4.69) is 44.7 Å². The Morgan fingerprint density at radius 1 is 1.04 bits per heavy atom. The molecule has 6 heteroatoms. The first-order valence-electron chi connectivity index (χ1n) is 8.67. The Morgan fingerprint density at radius 2 is 1.71 bits per heavy atom. The predicted octanol–water partition coefficient (Wildman–Crippen LogP) is 0.840. The fourth-order valence-corrected chi connectivity index (χ4v) is 2.78. The van der Waals surface area contributed by atoms with Gasteiger partial charge in [-0.05, 0) is 38.9 Å². The van der Waals surface area contributed by atoms with Crippen LogP contribution < -0.4 is 15.5 Å². The highest BCUT2D eigenvalue weighted by Crippen LogP contribution is 2.15. The summed E-state index contributed by atoms with van der Waals surface area (Å²) in [5.74, 6) is -1.10. The Hall–Kier alpha value is -2.08. The summed E-state index contributed by atoms with van der Waals surface area (Å²) < 4.78 is 0. The second-order valence-corrected chi connectivity index (χ2v) is 6.40. The van der Waals surface area contributed by atoms with Crippen molar-refractivity contribution in [1.82, 2.24) is 15.5 Å². The minimum absolute atomic E-state index is 0.0239. The number of nitrogens with one attached hydrogen (secondary N) is 2. The highest BCUT2D eigenvalue weighted by atomic mass is 16.2. The zero-order valence-electron chi connectivity index (χ0n) is 14.6. The summed E-state index contributed by atoms with van der Waals surface area (Å²) in [6, 6.07) is 10.4. The maximum absolute atomic E-state index is 11.6. The quantitative estimate of drug-likeness (QED) is 0.598. The Labute approximate surface area is 144 Å². The molecule has 2 rings (SSSR count). The van der Waals surface area contributed by atoms with Crippen molar-refractivity contribution >= 4 is 17.5 Å². The van der Waals surface area contributed by atoms with Crippen LogP contribution in [0.5, 0.6) is 0 Å². The number of anilines is 1. The first-order chi connectivity index (χ1) is 11.6. The van der Waals surface area contributed by atoms with E-state index in [-0.39, 0.29) is 6.04 Å². The average Bonchev–Trinajstić information content (AvgIpc) is 2.59. The van der Waals surface area contributed by atoms with Gasteiger partial charge in [-0.15, -0.1) is 0 Å². The van der Waals surface area contributed by atoms with Crippen LogP contribution in [0.4, 0.5) is 5.69 Å². The van der Waals surface area contributed by atoms with Gasteiger partial charge in [-0.3, -0.25) is 14.5 Å². The van der Waals surface area contributed by atoms with Crippen LogP contribution in [0.15, 0.2) is 30.3 Å². The Balaban J connectivity index is 1.60. The third-order valence-electron chi connectivity index (χ3n) is 4.06. The molecule has 0 radical (unpaired) electrons. The summed E-state index contributed by atoms with van der Waals surface area (Å²) in [6.45, 7) is 9.23. The number of amides is 2. The number of rotatable bonds is 6. The number of hydrogen-bond acceptors (Lipinski definition) is 4. The molecule has 132 valence electrons. The van der Waals surface area contributed by atoms with E-state index in [1.54, 1.807) is 0 Å². The predicted molar refractivity (Wildman–Crippen MR) is 96.0 cm³/mol. The molecule has 6 nitrogen and oxygen atoms in total. The van der Waals surface area contributed by atoms with E-state index in [0.717, 1.165) is 39.1 Å². The monoisotopic (exact) mass is 332 g/mol. The fraction of sp³-hybridized carbons (Fsp3) is 0.556. The van der Waals surface area contributed by atoms with Crippen LogP contribution in [-0.4, -0.2) is 62.0 Å². The first kappa shape index (κ1) is 18.3. The van der Waals surface area contributed by atoms with Crippen molar-refractivity contribution in [2.75, 3.05) is 44.2 Å². The summed E-state index contributed by atoms with van der Waals surface area (Å²) in [5.41, 5.74) is 1.28. The second-order valence-electron chi connectivity index (χ2n) is 6.40. The molecule has 0 unspecified atom stereocenters. The lowest BCUT2D eigenvalue weighted by molar-refractivity contribution is -0.139. The average molecular weight is 332 g/mol. The van der Waals surface area contributed by atoms with Crippen LogP contribution in [0.2, 0.25) is 0 Å². The van der Waals surface area contributed by atoms with Gasteiger partial charge in [0.25, 0.3) is 0 Å². The van der Waals surface area contributed by atoms with Gasteiger partial charge < -0.3 is 15.5 Å². The summed E-state index contributed by atoms with van der Waals surface area (Å²) in [5, 5.41) is 5.26. The third-order valence-corrected chi connectivity index (χ3v) is 4.06. The minimum Gasteiger partial charge on any atom is -0.369 e.